The Morgan fingerprint density at radius 2 is 2.31 bits per heavy atom. The largest absolute Gasteiger partial charge is 0.569 e. The molecule has 7 nitrogen and oxygen atoms in total. The Kier molecular flexibility index (Phi) is 4.57. The van der Waals surface area contributed by atoms with Gasteiger partial charge in [0.05, 0.1) is 17.6 Å². The van der Waals surface area contributed by atoms with Crippen LogP contribution in [0.3, 0.4) is 0 Å². The first-order valence-electron chi connectivity index (χ1n) is 3.86. The third-order valence-electron chi connectivity index (χ3n) is 1.48. The molecule has 0 saturated carbocycles. The molecule has 0 spiro atoms. The molecule has 0 unspecified atom stereocenters. The quantitative estimate of drug-likeness (QED) is 0.357. The summed E-state index contributed by atoms with van der Waals surface area (Å²) < 4.78 is 0. The number of nitrogens with two attached hydrogens (primary N) is 1. The van der Waals surface area contributed by atoms with Gasteiger partial charge in [0.25, 0.3) is 0 Å². The molecule has 0 rings (SSSR count). The number of rotatable bonds is 5. The number of hydrogen-bond acceptors (Lipinski definition) is 3. The fourth-order valence-corrected chi connectivity index (χ4v) is 0.817. The summed E-state index contributed by atoms with van der Waals surface area (Å²) in [7, 11) is 0. The molecule has 0 aliphatic rings. The highest BCUT2D eigenvalue weighted by atomic mass is 16.6. The molecule has 3 N–H and O–H groups in total. The number of primary amides is 1. The highest BCUT2D eigenvalue weighted by Gasteiger charge is 2.17. The average molecular weight is 190 g/mol. The van der Waals surface area contributed by atoms with Crippen LogP contribution in [0.1, 0.15) is 20.3 Å². The summed E-state index contributed by atoms with van der Waals surface area (Å²) >= 11 is 0. The van der Waals surface area contributed by atoms with Crippen molar-refractivity contribution in [3.8, 4) is 0 Å². The minimum Gasteiger partial charge on any atom is -0.569 e. The SMILES string of the molecule is CC(C)N(CCC(N)=O)[N+]([O-])=NO. The fourth-order valence-electron chi connectivity index (χ4n) is 0.817. The molecule has 7 heteroatoms. The van der Waals surface area contributed by atoms with E-state index in [-0.39, 0.29) is 24.0 Å². The first kappa shape index (κ1) is 11.5. The Labute approximate surface area is 75.9 Å². The molecule has 0 atom stereocenters. The molecular weight excluding hydrogens is 176 g/mol. The van der Waals surface area contributed by atoms with Crippen LogP contribution in [-0.4, -0.2) is 33.7 Å². The number of nitrogens with zero attached hydrogens (tertiary/aromatic N) is 3. The molecule has 0 aromatic carbocycles. The Morgan fingerprint density at radius 1 is 1.77 bits per heavy atom. The highest BCUT2D eigenvalue weighted by molar-refractivity contribution is 5.73. The number of carbonyl (C=O) groups excluding carboxylic acids is 1. The second kappa shape index (κ2) is 5.18. The molecule has 0 aromatic heterocycles. The second-order valence-corrected chi connectivity index (χ2v) is 2.82. The van der Waals surface area contributed by atoms with Crippen LogP contribution < -0.4 is 5.73 Å². The van der Waals surface area contributed by atoms with Crippen LogP contribution in [0.25, 0.3) is 0 Å². The van der Waals surface area contributed by atoms with Gasteiger partial charge in [-0.3, -0.25) is 4.79 Å². The molecule has 0 radical (unpaired) electrons. The maximum Gasteiger partial charge on any atom is 0.230 e. The van der Waals surface area contributed by atoms with Crippen LogP contribution in [-0.2, 0) is 4.79 Å². The standard InChI is InChI=1S/C6H14N4O3/c1-5(2)9(10(13)8-12)4-3-6(7)11/h5,12H,3-4H2,1-2H3,(H2,7,11). The average Bonchev–Trinajstić information content (AvgIpc) is 2.03. The number of carbonyl (C=O) groups is 1. The molecule has 0 bridgehead atoms. The van der Waals surface area contributed by atoms with Gasteiger partial charge in [-0.2, -0.15) is 0 Å². The Balaban J connectivity index is 4.19. The third-order valence-corrected chi connectivity index (χ3v) is 1.48. The summed E-state index contributed by atoms with van der Waals surface area (Å²) in [5, 5.41) is 22.7. The van der Waals surface area contributed by atoms with E-state index in [1.807, 2.05) is 0 Å². The molecule has 0 saturated heterocycles. The van der Waals surface area contributed by atoms with Gasteiger partial charge >= 0.3 is 0 Å². The van der Waals surface area contributed by atoms with Crippen LogP contribution in [0.15, 0.2) is 5.28 Å². The zero-order chi connectivity index (χ0) is 10.4. The van der Waals surface area contributed by atoms with Gasteiger partial charge in [-0.15, -0.1) is 5.01 Å². The molecule has 13 heavy (non-hydrogen) atoms. The lowest BCUT2D eigenvalue weighted by atomic mass is 10.3. The van der Waals surface area contributed by atoms with Crippen molar-refractivity contribution in [2.45, 2.75) is 26.3 Å². The summed E-state index contributed by atoms with van der Waals surface area (Å²) in [6, 6.07) is -0.159. The predicted octanol–water partition coefficient (Wildman–Crippen LogP) is -0.161. The maximum atomic E-state index is 10.8. The van der Waals surface area contributed by atoms with Gasteiger partial charge in [0.2, 0.25) is 11.2 Å². The van der Waals surface area contributed by atoms with Crippen molar-refractivity contribution in [2.24, 2.45) is 11.0 Å². The fraction of sp³-hybridized carbons (Fsp3) is 0.833. The zero-order valence-corrected chi connectivity index (χ0v) is 7.67. The summed E-state index contributed by atoms with van der Waals surface area (Å²) in [5.41, 5.74) is 4.90. The van der Waals surface area contributed by atoms with Crippen molar-refractivity contribution >= 4 is 5.91 Å². The van der Waals surface area contributed by atoms with Gasteiger partial charge in [-0.1, -0.05) is 0 Å². The van der Waals surface area contributed by atoms with Gasteiger partial charge in [0, 0.05) is 6.42 Å². The van der Waals surface area contributed by atoms with E-state index >= 15 is 0 Å². The van der Waals surface area contributed by atoms with E-state index in [0.29, 0.717) is 0 Å². The molecular formula is C6H14N4O3. The van der Waals surface area contributed by atoms with Crippen LogP contribution in [0.4, 0.5) is 0 Å². The van der Waals surface area contributed by atoms with Gasteiger partial charge in [-0.25, -0.2) is 0 Å². The molecule has 0 aliphatic heterocycles. The lowest BCUT2D eigenvalue weighted by Gasteiger charge is -2.20. The van der Waals surface area contributed by atoms with Crippen molar-refractivity contribution in [2.75, 3.05) is 6.54 Å². The van der Waals surface area contributed by atoms with E-state index in [1.165, 1.54) is 5.01 Å². The van der Waals surface area contributed by atoms with Crippen molar-refractivity contribution in [3.63, 3.8) is 0 Å². The first-order chi connectivity index (χ1) is 5.99. The lowest BCUT2D eigenvalue weighted by molar-refractivity contribution is -0.715. The van der Waals surface area contributed by atoms with E-state index in [9.17, 15) is 10.0 Å². The van der Waals surface area contributed by atoms with Gasteiger partial charge in [-0.05, 0) is 13.8 Å². The van der Waals surface area contributed by atoms with E-state index in [1.54, 1.807) is 13.8 Å². The Bertz CT molecular complexity index is 204. The summed E-state index contributed by atoms with van der Waals surface area (Å²) in [6.45, 7) is 3.61. The van der Waals surface area contributed by atoms with Crippen LogP contribution in [0.5, 0.6) is 0 Å². The summed E-state index contributed by atoms with van der Waals surface area (Å²) in [6.07, 6.45) is 0.0481. The Hall–Kier alpha value is -1.53. The molecule has 76 valence electrons. The van der Waals surface area contributed by atoms with Crippen molar-refractivity contribution in [3.05, 3.63) is 5.21 Å². The Morgan fingerprint density at radius 3 is 2.62 bits per heavy atom. The van der Waals surface area contributed by atoms with Crippen LogP contribution >= 0.6 is 0 Å². The first-order valence-corrected chi connectivity index (χ1v) is 3.86. The van der Waals surface area contributed by atoms with Crippen molar-refractivity contribution < 1.29 is 15.0 Å². The zero-order valence-electron chi connectivity index (χ0n) is 7.67. The highest BCUT2D eigenvalue weighted by Crippen LogP contribution is 2.00. The minimum atomic E-state index is -0.503. The normalized spacial score (nSPS) is 11.8. The molecule has 1 amide bonds. The van der Waals surface area contributed by atoms with Crippen LogP contribution in [0, 0.1) is 5.21 Å². The van der Waals surface area contributed by atoms with Gasteiger partial charge in [0.1, 0.15) is 0 Å². The lowest BCUT2D eigenvalue weighted by Crippen LogP contribution is -2.39. The third kappa shape index (κ3) is 4.14. The monoisotopic (exact) mass is 190 g/mol. The molecule has 0 heterocycles. The van der Waals surface area contributed by atoms with Gasteiger partial charge < -0.3 is 16.1 Å². The van der Waals surface area contributed by atoms with E-state index in [4.69, 9.17) is 10.9 Å². The summed E-state index contributed by atoms with van der Waals surface area (Å²) in [5.74, 6) is -0.503. The molecule has 0 aliphatic carbocycles. The summed E-state index contributed by atoms with van der Waals surface area (Å²) in [4.78, 5) is 10.5. The topological polar surface area (TPSA) is 105 Å². The van der Waals surface area contributed by atoms with Gasteiger partial charge in [0.15, 0.2) is 0 Å². The van der Waals surface area contributed by atoms with Crippen LogP contribution in [0.2, 0.25) is 0 Å². The predicted molar refractivity (Wildman–Crippen MR) is 43.5 cm³/mol. The van der Waals surface area contributed by atoms with Crippen molar-refractivity contribution in [1.82, 2.24) is 5.01 Å². The van der Waals surface area contributed by atoms with E-state index in [2.05, 4.69) is 5.28 Å². The van der Waals surface area contributed by atoms with Crippen molar-refractivity contribution in [1.29, 1.82) is 0 Å². The number of hydrogen-bond donors (Lipinski definition) is 2. The number of hydrazine groups is 1. The second-order valence-electron chi connectivity index (χ2n) is 2.82. The minimum absolute atomic E-state index is 0.0353. The molecule has 0 fully saturated rings. The smallest absolute Gasteiger partial charge is 0.230 e. The maximum absolute atomic E-state index is 10.8. The number of amides is 1. The van der Waals surface area contributed by atoms with E-state index < -0.39 is 5.91 Å². The van der Waals surface area contributed by atoms with E-state index in [0.717, 1.165) is 0 Å². The molecule has 0 aromatic rings.